The number of nitrogens with zero attached hydrogens (tertiary/aromatic N) is 3. The topological polar surface area (TPSA) is 110 Å². The second kappa shape index (κ2) is 3.05. The van der Waals surface area contributed by atoms with E-state index in [1.54, 1.807) is 18.2 Å². The first-order valence-corrected chi connectivity index (χ1v) is 4.06. The van der Waals surface area contributed by atoms with E-state index >= 15 is 0 Å². The molecule has 0 bridgehead atoms. The number of fused-ring (bicyclic) bond motifs is 1. The normalized spacial score (nSPS) is 10.4. The van der Waals surface area contributed by atoms with Crippen LogP contribution in [0.5, 0.6) is 0 Å². The lowest BCUT2D eigenvalue weighted by Crippen LogP contribution is -2.14. The first kappa shape index (κ1) is 9.13. The Morgan fingerprint density at radius 2 is 2.33 bits per heavy atom. The van der Waals surface area contributed by atoms with E-state index in [0.29, 0.717) is 11.2 Å². The van der Waals surface area contributed by atoms with Gasteiger partial charge in [-0.2, -0.15) is 0 Å². The lowest BCUT2D eigenvalue weighted by atomic mass is 10.3. The molecule has 0 unspecified atom stereocenters. The maximum Gasteiger partial charge on any atom is 0.389 e. The zero-order valence-corrected chi connectivity index (χ0v) is 7.54. The number of imidazole rings is 1. The highest BCUT2D eigenvalue weighted by atomic mass is 16.6. The quantitative estimate of drug-likeness (QED) is 0.322. The summed E-state index contributed by atoms with van der Waals surface area (Å²) in [6.45, 7) is 0. The highest BCUT2D eigenvalue weighted by Crippen LogP contribution is 2.18. The smallest absolute Gasteiger partial charge is 0.382 e. The number of pyridine rings is 1. The predicted molar refractivity (Wildman–Crippen MR) is 52.9 cm³/mol. The van der Waals surface area contributed by atoms with Crippen molar-refractivity contribution in [3.05, 3.63) is 40.3 Å². The van der Waals surface area contributed by atoms with Crippen molar-refractivity contribution < 1.29 is 4.92 Å². The molecule has 0 fully saturated rings. The van der Waals surface area contributed by atoms with Gasteiger partial charge in [-0.3, -0.25) is 9.81 Å². The third-order valence-corrected chi connectivity index (χ3v) is 2.00. The van der Waals surface area contributed by atoms with E-state index < -0.39 is 4.92 Å². The minimum absolute atomic E-state index is 0.159. The minimum Gasteiger partial charge on any atom is -0.382 e. The molecule has 0 aliphatic carbocycles. The van der Waals surface area contributed by atoms with Gasteiger partial charge in [0.1, 0.15) is 11.4 Å². The standard InChI is InChI=1S/C8H7N5O2/c9-7(10)5-2-1-3-6-8(13(14)15)11-4-12(5)6/h1-4H,(H3,9,10). The molecule has 0 aliphatic rings. The van der Waals surface area contributed by atoms with Crippen LogP contribution in [0, 0.1) is 15.5 Å². The molecular weight excluding hydrogens is 198 g/mol. The number of hydrogen-bond acceptors (Lipinski definition) is 4. The number of aromatic nitrogens is 2. The summed E-state index contributed by atoms with van der Waals surface area (Å²) in [6, 6.07) is 4.75. The van der Waals surface area contributed by atoms with Crippen molar-refractivity contribution in [1.29, 1.82) is 5.41 Å². The molecule has 0 radical (unpaired) electrons. The minimum atomic E-state index is -0.570. The van der Waals surface area contributed by atoms with Gasteiger partial charge in [0.05, 0.1) is 5.69 Å². The number of nitrogens with two attached hydrogens (primary N) is 1. The van der Waals surface area contributed by atoms with Crippen LogP contribution in [-0.2, 0) is 0 Å². The van der Waals surface area contributed by atoms with E-state index in [1.807, 2.05) is 0 Å². The van der Waals surface area contributed by atoms with Gasteiger partial charge in [0.15, 0.2) is 0 Å². The van der Waals surface area contributed by atoms with Crippen LogP contribution in [0.15, 0.2) is 24.5 Å². The summed E-state index contributed by atoms with van der Waals surface area (Å²) in [6.07, 6.45) is 1.28. The van der Waals surface area contributed by atoms with Gasteiger partial charge in [0, 0.05) is 0 Å². The van der Waals surface area contributed by atoms with Crippen molar-refractivity contribution in [2.75, 3.05) is 0 Å². The number of hydrogen-bond donors (Lipinski definition) is 2. The molecule has 0 amide bonds. The molecule has 7 nitrogen and oxygen atoms in total. The fourth-order valence-corrected chi connectivity index (χ4v) is 1.37. The van der Waals surface area contributed by atoms with Gasteiger partial charge < -0.3 is 15.8 Å². The molecule has 7 heteroatoms. The first-order valence-electron chi connectivity index (χ1n) is 4.06. The molecule has 0 aromatic carbocycles. The van der Waals surface area contributed by atoms with Gasteiger partial charge in [-0.1, -0.05) is 6.07 Å². The van der Waals surface area contributed by atoms with Crippen molar-refractivity contribution in [2.24, 2.45) is 5.73 Å². The second-order valence-corrected chi connectivity index (χ2v) is 2.91. The number of amidine groups is 1. The summed E-state index contributed by atoms with van der Waals surface area (Å²) >= 11 is 0. The van der Waals surface area contributed by atoms with E-state index in [-0.39, 0.29) is 11.7 Å². The molecule has 2 aromatic rings. The maximum absolute atomic E-state index is 10.6. The van der Waals surface area contributed by atoms with Crippen LogP contribution >= 0.6 is 0 Å². The van der Waals surface area contributed by atoms with Gasteiger partial charge in [0.2, 0.25) is 6.33 Å². The van der Waals surface area contributed by atoms with E-state index in [0.717, 1.165) is 0 Å². The zero-order valence-electron chi connectivity index (χ0n) is 7.54. The molecule has 0 atom stereocenters. The van der Waals surface area contributed by atoms with Gasteiger partial charge in [-0.15, -0.1) is 0 Å². The van der Waals surface area contributed by atoms with Gasteiger partial charge in [-0.05, 0) is 22.0 Å². The molecule has 0 saturated carbocycles. The Morgan fingerprint density at radius 3 is 2.93 bits per heavy atom. The Bertz CT molecular complexity index is 559. The van der Waals surface area contributed by atoms with Crippen molar-refractivity contribution in [2.45, 2.75) is 0 Å². The van der Waals surface area contributed by atoms with Crippen LogP contribution in [0.2, 0.25) is 0 Å². The zero-order chi connectivity index (χ0) is 11.0. The average molecular weight is 205 g/mol. The number of rotatable bonds is 2. The summed E-state index contributed by atoms with van der Waals surface area (Å²) in [5, 5.41) is 17.9. The fraction of sp³-hybridized carbons (Fsp3) is 0. The average Bonchev–Trinajstić information content (AvgIpc) is 2.59. The Kier molecular flexibility index (Phi) is 1.86. The van der Waals surface area contributed by atoms with Crippen molar-refractivity contribution in [3.63, 3.8) is 0 Å². The number of nitro groups is 1. The van der Waals surface area contributed by atoms with Crippen molar-refractivity contribution in [3.8, 4) is 0 Å². The van der Waals surface area contributed by atoms with E-state index in [1.165, 1.54) is 10.7 Å². The van der Waals surface area contributed by atoms with E-state index in [4.69, 9.17) is 11.1 Å². The third-order valence-electron chi connectivity index (χ3n) is 2.00. The summed E-state index contributed by atoms with van der Waals surface area (Å²) in [5.74, 6) is -0.397. The van der Waals surface area contributed by atoms with E-state index in [2.05, 4.69) is 4.98 Å². The summed E-state index contributed by atoms with van der Waals surface area (Å²) in [7, 11) is 0. The number of nitrogen functional groups attached to an aromatic ring is 1. The maximum atomic E-state index is 10.6. The highest BCUT2D eigenvalue weighted by molar-refractivity contribution is 5.94. The number of nitrogens with one attached hydrogen (secondary N) is 1. The molecule has 15 heavy (non-hydrogen) atoms. The highest BCUT2D eigenvalue weighted by Gasteiger charge is 2.17. The second-order valence-electron chi connectivity index (χ2n) is 2.91. The molecule has 0 saturated heterocycles. The van der Waals surface area contributed by atoms with Gasteiger partial charge in [-0.25, -0.2) is 0 Å². The van der Waals surface area contributed by atoms with Gasteiger partial charge >= 0.3 is 5.82 Å². The van der Waals surface area contributed by atoms with Crippen molar-refractivity contribution in [1.82, 2.24) is 9.38 Å². The largest absolute Gasteiger partial charge is 0.389 e. The van der Waals surface area contributed by atoms with Crippen LogP contribution in [0.1, 0.15) is 5.69 Å². The fourth-order valence-electron chi connectivity index (χ4n) is 1.37. The molecule has 2 heterocycles. The van der Waals surface area contributed by atoms with E-state index in [9.17, 15) is 10.1 Å². The Hall–Kier alpha value is -2.44. The Balaban J connectivity index is 2.80. The molecule has 0 aliphatic heterocycles. The lowest BCUT2D eigenvalue weighted by Gasteiger charge is -2.00. The summed E-state index contributed by atoms with van der Waals surface area (Å²) in [4.78, 5) is 13.7. The van der Waals surface area contributed by atoms with Gasteiger partial charge in [0.25, 0.3) is 0 Å². The summed E-state index contributed by atoms with van der Waals surface area (Å²) in [5.41, 5.74) is 6.04. The lowest BCUT2D eigenvalue weighted by molar-refractivity contribution is -0.387. The molecule has 0 spiro atoms. The van der Waals surface area contributed by atoms with Crippen LogP contribution < -0.4 is 5.73 Å². The SMILES string of the molecule is N=C(N)c1cccc2c([N+](=O)[O-])ncn12. The molecule has 2 aromatic heterocycles. The van der Waals surface area contributed by atoms with Crippen molar-refractivity contribution >= 4 is 17.2 Å². The van der Waals surface area contributed by atoms with Crippen LogP contribution in [-0.4, -0.2) is 20.1 Å². The molecule has 76 valence electrons. The molecular formula is C8H7N5O2. The van der Waals surface area contributed by atoms with Crippen LogP contribution in [0.25, 0.3) is 5.52 Å². The first-order chi connectivity index (χ1) is 7.11. The Labute approximate surface area is 83.8 Å². The van der Waals surface area contributed by atoms with Crippen LogP contribution in [0.3, 0.4) is 0 Å². The molecule has 2 rings (SSSR count). The molecule has 3 N–H and O–H groups in total. The monoisotopic (exact) mass is 205 g/mol. The summed E-state index contributed by atoms with van der Waals surface area (Å²) < 4.78 is 1.42. The van der Waals surface area contributed by atoms with Crippen LogP contribution in [0.4, 0.5) is 5.82 Å². The third kappa shape index (κ3) is 1.30. The predicted octanol–water partition coefficient (Wildman–Crippen LogP) is 0.527. The Morgan fingerprint density at radius 1 is 1.60 bits per heavy atom.